The fourth-order valence-corrected chi connectivity index (χ4v) is 3.98. The number of nitrogens with zero attached hydrogens (tertiary/aromatic N) is 3. The third kappa shape index (κ3) is 6.15. The molecule has 2 N–H and O–H groups in total. The molecule has 0 saturated carbocycles. The highest BCUT2D eigenvalue weighted by Gasteiger charge is 2.13. The number of rotatable bonds is 8. The van der Waals surface area contributed by atoms with E-state index < -0.39 is 10.0 Å². The molecule has 0 aliphatic heterocycles. The molecule has 0 bridgehead atoms. The van der Waals surface area contributed by atoms with Crippen LogP contribution >= 0.6 is 11.8 Å². The lowest BCUT2D eigenvalue weighted by Gasteiger charge is -2.07. The summed E-state index contributed by atoms with van der Waals surface area (Å²) in [6.45, 7) is 1.49. The third-order valence-electron chi connectivity index (χ3n) is 4.19. The van der Waals surface area contributed by atoms with Gasteiger partial charge >= 0.3 is 0 Å². The van der Waals surface area contributed by atoms with Gasteiger partial charge in [0.1, 0.15) is 0 Å². The van der Waals surface area contributed by atoms with Gasteiger partial charge in [-0.25, -0.2) is 8.42 Å². The van der Waals surface area contributed by atoms with Crippen LogP contribution in [-0.2, 0) is 21.9 Å². The number of sulfonamides is 1. The van der Waals surface area contributed by atoms with Crippen LogP contribution in [0.3, 0.4) is 0 Å². The number of nitrogens with one attached hydrogen (secondary N) is 2. The highest BCUT2D eigenvalue weighted by molar-refractivity contribution is 7.99. The number of thioether (sulfide) groups is 1. The largest absolute Gasteiger partial charge is 0.325 e. The minimum absolute atomic E-state index is 0.0344. The van der Waals surface area contributed by atoms with Gasteiger partial charge in [-0.1, -0.05) is 11.8 Å². The van der Waals surface area contributed by atoms with Gasteiger partial charge in [0.2, 0.25) is 15.9 Å². The SMILES string of the molecule is CC(=O)c1ccc(NC(=O)CSc2nnc(-c3ccc(NS(C)(=O)=O)cc3)n2C)cc1. The molecule has 0 fully saturated rings. The fourth-order valence-electron chi connectivity index (χ4n) is 2.71. The Morgan fingerprint density at radius 3 is 2.19 bits per heavy atom. The van der Waals surface area contributed by atoms with E-state index in [4.69, 9.17) is 0 Å². The number of carbonyl (C=O) groups excluding carboxylic acids is 2. The van der Waals surface area contributed by atoms with E-state index in [1.807, 2.05) is 0 Å². The third-order valence-corrected chi connectivity index (χ3v) is 5.82. The average molecular weight is 460 g/mol. The zero-order valence-electron chi connectivity index (χ0n) is 17.1. The van der Waals surface area contributed by atoms with Gasteiger partial charge in [0.25, 0.3) is 0 Å². The monoisotopic (exact) mass is 459 g/mol. The van der Waals surface area contributed by atoms with Gasteiger partial charge in [-0.15, -0.1) is 10.2 Å². The van der Waals surface area contributed by atoms with Crippen molar-refractivity contribution in [2.75, 3.05) is 22.0 Å². The second kappa shape index (κ2) is 9.31. The van der Waals surface area contributed by atoms with E-state index in [-0.39, 0.29) is 17.4 Å². The maximum Gasteiger partial charge on any atom is 0.234 e. The summed E-state index contributed by atoms with van der Waals surface area (Å²) in [6, 6.07) is 13.5. The summed E-state index contributed by atoms with van der Waals surface area (Å²) in [5.74, 6) is 0.486. The first-order valence-electron chi connectivity index (χ1n) is 9.13. The van der Waals surface area contributed by atoms with E-state index in [0.29, 0.717) is 27.9 Å². The van der Waals surface area contributed by atoms with Gasteiger partial charge in [-0.05, 0) is 55.5 Å². The molecule has 1 amide bonds. The summed E-state index contributed by atoms with van der Waals surface area (Å²) in [4.78, 5) is 23.5. The standard InChI is InChI=1S/C20H21N5O4S2/c1-13(26)14-4-8-16(9-5-14)21-18(27)12-30-20-23-22-19(25(20)2)15-6-10-17(11-7-15)24-31(3,28)29/h4-11,24H,12H2,1-3H3,(H,21,27). The van der Waals surface area contributed by atoms with Crippen LogP contribution in [-0.4, -0.2) is 46.9 Å². The maximum absolute atomic E-state index is 12.2. The summed E-state index contributed by atoms with van der Waals surface area (Å²) < 4.78 is 26.8. The van der Waals surface area contributed by atoms with Crippen molar-refractivity contribution in [3.8, 4) is 11.4 Å². The molecule has 0 aliphatic rings. The average Bonchev–Trinajstić information content (AvgIpc) is 3.06. The second-order valence-corrected chi connectivity index (χ2v) is 9.48. The van der Waals surface area contributed by atoms with E-state index in [9.17, 15) is 18.0 Å². The fraction of sp³-hybridized carbons (Fsp3) is 0.200. The first-order chi connectivity index (χ1) is 14.6. The van der Waals surface area contributed by atoms with E-state index in [2.05, 4.69) is 20.2 Å². The van der Waals surface area contributed by atoms with Crippen molar-refractivity contribution in [1.82, 2.24) is 14.8 Å². The number of hydrogen-bond acceptors (Lipinski definition) is 7. The normalized spacial score (nSPS) is 11.2. The van der Waals surface area contributed by atoms with Crippen molar-refractivity contribution in [3.63, 3.8) is 0 Å². The lowest BCUT2D eigenvalue weighted by molar-refractivity contribution is -0.113. The molecule has 2 aromatic carbocycles. The number of aromatic nitrogens is 3. The smallest absolute Gasteiger partial charge is 0.234 e. The number of anilines is 2. The summed E-state index contributed by atoms with van der Waals surface area (Å²) in [5, 5.41) is 11.6. The summed E-state index contributed by atoms with van der Waals surface area (Å²) in [6.07, 6.45) is 1.09. The molecule has 0 radical (unpaired) electrons. The Hall–Kier alpha value is -3.18. The number of Topliss-reactive ketones (excluding diaryl/α,β-unsaturated/α-hetero) is 1. The number of hydrogen-bond donors (Lipinski definition) is 2. The van der Waals surface area contributed by atoms with Crippen molar-refractivity contribution < 1.29 is 18.0 Å². The van der Waals surface area contributed by atoms with Crippen molar-refractivity contribution in [3.05, 3.63) is 54.1 Å². The lowest BCUT2D eigenvalue weighted by Crippen LogP contribution is -2.14. The molecule has 3 aromatic rings. The topological polar surface area (TPSA) is 123 Å². The van der Waals surface area contributed by atoms with E-state index in [0.717, 1.165) is 11.8 Å². The first-order valence-corrected chi connectivity index (χ1v) is 12.0. The first kappa shape index (κ1) is 22.5. The van der Waals surface area contributed by atoms with Crippen LogP contribution in [0.5, 0.6) is 0 Å². The van der Waals surface area contributed by atoms with Crippen molar-refractivity contribution in [1.29, 1.82) is 0 Å². The molecule has 9 nitrogen and oxygen atoms in total. The van der Waals surface area contributed by atoms with Crippen LogP contribution in [0.25, 0.3) is 11.4 Å². The summed E-state index contributed by atoms with van der Waals surface area (Å²) >= 11 is 1.24. The zero-order valence-corrected chi connectivity index (χ0v) is 18.8. The van der Waals surface area contributed by atoms with Crippen LogP contribution in [0.15, 0.2) is 53.7 Å². The zero-order chi connectivity index (χ0) is 22.6. The summed E-state index contributed by atoms with van der Waals surface area (Å²) in [5.41, 5.74) is 2.41. The molecule has 3 rings (SSSR count). The van der Waals surface area contributed by atoms with Crippen LogP contribution in [0.2, 0.25) is 0 Å². The molecule has 0 spiro atoms. The molecule has 0 saturated heterocycles. The minimum Gasteiger partial charge on any atom is -0.325 e. The molecule has 31 heavy (non-hydrogen) atoms. The number of carbonyl (C=O) groups is 2. The van der Waals surface area contributed by atoms with Crippen molar-refractivity contribution in [2.24, 2.45) is 7.05 Å². The molecule has 0 aliphatic carbocycles. The van der Waals surface area contributed by atoms with Gasteiger partial charge in [-0.3, -0.25) is 14.3 Å². The van der Waals surface area contributed by atoms with Gasteiger partial charge in [0.15, 0.2) is 16.8 Å². The molecule has 11 heteroatoms. The number of amides is 1. The molecule has 1 aromatic heterocycles. The Morgan fingerprint density at radius 2 is 1.61 bits per heavy atom. The van der Waals surface area contributed by atoms with Crippen LogP contribution in [0.4, 0.5) is 11.4 Å². The van der Waals surface area contributed by atoms with Crippen molar-refractivity contribution in [2.45, 2.75) is 12.1 Å². The van der Waals surface area contributed by atoms with E-state index in [1.54, 1.807) is 60.1 Å². The Morgan fingerprint density at radius 1 is 1.00 bits per heavy atom. The Balaban J connectivity index is 1.61. The second-order valence-electron chi connectivity index (χ2n) is 6.79. The molecule has 0 atom stereocenters. The van der Waals surface area contributed by atoms with Gasteiger partial charge < -0.3 is 9.88 Å². The van der Waals surface area contributed by atoms with E-state index in [1.165, 1.54) is 18.7 Å². The number of ketones is 1. The molecule has 162 valence electrons. The lowest BCUT2D eigenvalue weighted by atomic mass is 10.1. The van der Waals surface area contributed by atoms with Crippen LogP contribution < -0.4 is 10.0 Å². The molecular weight excluding hydrogens is 438 g/mol. The quantitative estimate of drug-likeness (QED) is 0.392. The Labute approximate surface area is 184 Å². The Kier molecular flexibility index (Phi) is 6.76. The van der Waals surface area contributed by atoms with Gasteiger partial charge in [-0.2, -0.15) is 0 Å². The molecular formula is C20H21N5O4S2. The number of benzene rings is 2. The minimum atomic E-state index is -3.34. The molecule has 0 unspecified atom stereocenters. The van der Waals surface area contributed by atoms with Crippen molar-refractivity contribution >= 4 is 44.9 Å². The summed E-state index contributed by atoms with van der Waals surface area (Å²) in [7, 11) is -1.55. The van der Waals surface area contributed by atoms with Gasteiger partial charge in [0.05, 0.1) is 12.0 Å². The molecule has 1 heterocycles. The van der Waals surface area contributed by atoms with Crippen LogP contribution in [0.1, 0.15) is 17.3 Å². The van der Waals surface area contributed by atoms with Gasteiger partial charge in [0, 0.05) is 29.5 Å². The highest BCUT2D eigenvalue weighted by Crippen LogP contribution is 2.24. The van der Waals surface area contributed by atoms with E-state index >= 15 is 0 Å². The van der Waals surface area contributed by atoms with Crippen LogP contribution in [0, 0.1) is 0 Å². The maximum atomic E-state index is 12.2. The highest BCUT2D eigenvalue weighted by atomic mass is 32.2. The predicted octanol–water partition coefficient (Wildman–Crippen LogP) is 2.79. The Bertz CT molecular complexity index is 1200. The predicted molar refractivity (Wildman–Crippen MR) is 121 cm³/mol.